The Morgan fingerprint density at radius 3 is 2.67 bits per heavy atom. The number of rotatable bonds is 2. The smallest absolute Gasteiger partial charge is 0.255 e. The molecule has 4 heteroatoms. The molecule has 92 valence electrons. The van der Waals surface area contributed by atoms with E-state index in [0.29, 0.717) is 5.56 Å². The molecule has 0 atom stereocenters. The van der Waals surface area contributed by atoms with Crippen molar-refractivity contribution in [1.29, 1.82) is 0 Å². The van der Waals surface area contributed by atoms with Crippen LogP contribution in [0.3, 0.4) is 0 Å². The second kappa shape index (κ2) is 5.84. The van der Waals surface area contributed by atoms with Gasteiger partial charge in [-0.15, -0.1) is 0 Å². The van der Waals surface area contributed by atoms with Crippen molar-refractivity contribution in [1.82, 2.24) is 0 Å². The largest absolute Gasteiger partial charge is 0.322 e. The van der Waals surface area contributed by atoms with Crippen LogP contribution in [-0.4, -0.2) is 5.91 Å². The Balaban J connectivity index is 2.21. The highest BCUT2D eigenvalue weighted by molar-refractivity contribution is 14.1. The monoisotopic (exact) mass is 415 g/mol. The first-order chi connectivity index (χ1) is 8.56. The number of hydrogen-bond donors (Lipinski definition) is 1. The van der Waals surface area contributed by atoms with Gasteiger partial charge in [-0.1, -0.05) is 22.0 Å². The molecule has 1 amide bonds. The number of halogens is 2. The minimum absolute atomic E-state index is 0.0843. The summed E-state index contributed by atoms with van der Waals surface area (Å²) >= 11 is 5.60. The molecule has 0 aliphatic carbocycles. The number of nitrogens with one attached hydrogen (secondary N) is 1. The molecule has 0 fully saturated rings. The van der Waals surface area contributed by atoms with Crippen LogP contribution in [0.5, 0.6) is 0 Å². The summed E-state index contributed by atoms with van der Waals surface area (Å²) in [6.45, 7) is 1.97. The maximum Gasteiger partial charge on any atom is 0.255 e. The van der Waals surface area contributed by atoms with Crippen LogP contribution in [0, 0.1) is 10.5 Å². The van der Waals surface area contributed by atoms with E-state index < -0.39 is 0 Å². The van der Waals surface area contributed by atoms with Gasteiger partial charge < -0.3 is 5.32 Å². The van der Waals surface area contributed by atoms with Gasteiger partial charge in [0.25, 0.3) is 5.91 Å². The fourth-order valence-electron chi connectivity index (χ4n) is 1.59. The standard InChI is InChI=1S/C14H11BrINO/c1-9-7-11(15)5-6-13(9)17-14(18)10-3-2-4-12(16)8-10/h2-8H,1H3,(H,17,18). The van der Waals surface area contributed by atoms with Crippen LogP contribution in [0.1, 0.15) is 15.9 Å². The molecule has 18 heavy (non-hydrogen) atoms. The summed E-state index contributed by atoms with van der Waals surface area (Å²) in [7, 11) is 0. The van der Waals surface area contributed by atoms with E-state index in [1.165, 1.54) is 0 Å². The predicted octanol–water partition coefficient (Wildman–Crippen LogP) is 4.61. The molecular weight excluding hydrogens is 405 g/mol. The van der Waals surface area contributed by atoms with Gasteiger partial charge in [-0.25, -0.2) is 0 Å². The van der Waals surface area contributed by atoms with Crippen LogP contribution in [0.4, 0.5) is 5.69 Å². The molecule has 0 radical (unpaired) electrons. The van der Waals surface area contributed by atoms with Gasteiger partial charge in [0.05, 0.1) is 0 Å². The summed E-state index contributed by atoms with van der Waals surface area (Å²) in [6, 6.07) is 13.3. The average Bonchev–Trinajstić information content (AvgIpc) is 2.32. The average molecular weight is 416 g/mol. The number of amides is 1. The lowest BCUT2D eigenvalue weighted by molar-refractivity contribution is 0.102. The molecule has 2 aromatic rings. The molecule has 2 aromatic carbocycles. The van der Waals surface area contributed by atoms with Crippen molar-refractivity contribution in [3.05, 3.63) is 61.6 Å². The fraction of sp³-hybridized carbons (Fsp3) is 0.0714. The van der Waals surface area contributed by atoms with Crippen molar-refractivity contribution in [3.8, 4) is 0 Å². The zero-order chi connectivity index (χ0) is 13.1. The number of aryl methyl sites for hydroxylation is 1. The zero-order valence-electron chi connectivity index (χ0n) is 9.71. The van der Waals surface area contributed by atoms with Crippen molar-refractivity contribution in [2.45, 2.75) is 6.92 Å². The minimum Gasteiger partial charge on any atom is -0.322 e. The fourth-order valence-corrected chi connectivity index (χ4v) is 2.61. The molecule has 1 N–H and O–H groups in total. The summed E-state index contributed by atoms with van der Waals surface area (Å²) in [5.41, 5.74) is 2.54. The Kier molecular flexibility index (Phi) is 4.40. The van der Waals surface area contributed by atoms with Crippen LogP contribution in [-0.2, 0) is 0 Å². The Morgan fingerprint density at radius 2 is 2.00 bits per heavy atom. The van der Waals surface area contributed by atoms with Crippen molar-refractivity contribution in [2.75, 3.05) is 5.32 Å². The molecule has 0 unspecified atom stereocenters. The first-order valence-corrected chi connectivity index (χ1v) is 7.26. The van der Waals surface area contributed by atoms with Gasteiger partial charge in [0, 0.05) is 19.3 Å². The minimum atomic E-state index is -0.0843. The predicted molar refractivity (Wildman–Crippen MR) is 86.0 cm³/mol. The Labute approximate surface area is 128 Å². The number of carbonyl (C=O) groups excluding carboxylic acids is 1. The second-order valence-electron chi connectivity index (χ2n) is 3.92. The van der Waals surface area contributed by atoms with Gasteiger partial charge in [0.1, 0.15) is 0 Å². The lowest BCUT2D eigenvalue weighted by Crippen LogP contribution is -2.12. The van der Waals surface area contributed by atoms with Crippen molar-refractivity contribution in [2.24, 2.45) is 0 Å². The first kappa shape index (κ1) is 13.5. The van der Waals surface area contributed by atoms with E-state index in [4.69, 9.17) is 0 Å². The SMILES string of the molecule is Cc1cc(Br)ccc1NC(=O)c1cccc(I)c1. The molecule has 0 bridgehead atoms. The summed E-state index contributed by atoms with van der Waals surface area (Å²) in [4.78, 5) is 12.1. The molecule has 0 saturated heterocycles. The maximum atomic E-state index is 12.1. The highest BCUT2D eigenvalue weighted by Crippen LogP contribution is 2.20. The molecular formula is C14H11BrINO. The molecule has 0 spiro atoms. The zero-order valence-corrected chi connectivity index (χ0v) is 13.4. The Bertz CT molecular complexity index is 598. The van der Waals surface area contributed by atoms with E-state index in [-0.39, 0.29) is 5.91 Å². The third-order valence-corrected chi connectivity index (χ3v) is 3.69. The number of benzene rings is 2. The molecule has 0 saturated carbocycles. The van der Waals surface area contributed by atoms with Gasteiger partial charge in [-0.05, 0) is 71.5 Å². The van der Waals surface area contributed by atoms with Gasteiger partial charge in [0.2, 0.25) is 0 Å². The van der Waals surface area contributed by atoms with E-state index in [1.54, 1.807) is 0 Å². The summed E-state index contributed by atoms with van der Waals surface area (Å²) < 4.78 is 2.06. The summed E-state index contributed by atoms with van der Waals surface area (Å²) in [5.74, 6) is -0.0843. The van der Waals surface area contributed by atoms with Crippen molar-refractivity contribution in [3.63, 3.8) is 0 Å². The summed E-state index contributed by atoms with van der Waals surface area (Å²) in [6.07, 6.45) is 0. The van der Waals surface area contributed by atoms with Crippen LogP contribution in [0.15, 0.2) is 46.9 Å². The molecule has 0 aliphatic rings. The van der Waals surface area contributed by atoms with E-state index in [2.05, 4.69) is 43.8 Å². The molecule has 2 nitrogen and oxygen atoms in total. The molecule has 0 heterocycles. The van der Waals surface area contributed by atoms with Gasteiger partial charge >= 0.3 is 0 Å². The van der Waals surface area contributed by atoms with Gasteiger partial charge in [-0.3, -0.25) is 4.79 Å². The quantitative estimate of drug-likeness (QED) is 0.712. The highest BCUT2D eigenvalue weighted by Gasteiger charge is 2.07. The second-order valence-corrected chi connectivity index (χ2v) is 6.09. The summed E-state index contributed by atoms with van der Waals surface area (Å²) in [5, 5.41) is 2.92. The van der Waals surface area contributed by atoms with Gasteiger partial charge in [0.15, 0.2) is 0 Å². The van der Waals surface area contributed by atoms with E-state index in [9.17, 15) is 4.79 Å². The number of anilines is 1. The number of carbonyl (C=O) groups is 1. The van der Waals surface area contributed by atoms with E-state index in [0.717, 1.165) is 19.3 Å². The lowest BCUT2D eigenvalue weighted by atomic mass is 10.1. The third-order valence-electron chi connectivity index (χ3n) is 2.52. The molecule has 0 aliphatic heterocycles. The number of hydrogen-bond acceptors (Lipinski definition) is 1. The van der Waals surface area contributed by atoms with Crippen molar-refractivity contribution < 1.29 is 4.79 Å². The van der Waals surface area contributed by atoms with Gasteiger partial charge in [-0.2, -0.15) is 0 Å². The Hall–Kier alpha value is -0.880. The highest BCUT2D eigenvalue weighted by atomic mass is 127. The van der Waals surface area contributed by atoms with Crippen LogP contribution in [0.25, 0.3) is 0 Å². The van der Waals surface area contributed by atoms with Crippen molar-refractivity contribution >= 4 is 50.1 Å². The van der Waals surface area contributed by atoms with E-state index in [1.807, 2.05) is 49.4 Å². The van der Waals surface area contributed by atoms with Crippen LogP contribution in [0.2, 0.25) is 0 Å². The first-order valence-electron chi connectivity index (χ1n) is 5.39. The lowest BCUT2D eigenvalue weighted by Gasteiger charge is -2.09. The Morgan fingerprint density at radius 1 is 1.22 bits per heavy atom. The molecule has 0 aromatic heterocycles. The molecule has 2 rings (SSSR count). The third kappa shape index (κ3) is 3.32. The normalized spacial score (nSPS) is 10.2. The van der Waals surface area contributed by atoms with Crippen LogP contribution < -0.4 is 5.32 Å². The topological polar surface area (TPSA) is 29.1 Å². The van der Waals surface area contributed by atoms with Crippen LogP contribution >= 0.6 is 38.5 Å². The van der Waals surface area contributed by atoms with E-state index >= 15 is 0 Å². The maximum absolute atomic E-state index is 12.1.